The SMILES string of the molecule is COCCN(Cc1ccccc1)C(=O)c1ccoc1C. The van der Waals surface area contributed by atoms with Gasteiger partial charge >= 0.3 is 0 Å². The first-order chi connectivity index (χ1) is 9.72. The summed E-state index contributed by atoms with van der Waals surface area (Å²) in [6.45, 7) is 3.42. The zero-order valence-electron chi connectivity index (χ0n) is 11.8. The van der Waals surface area contributed by atoms with E-state index in [0.717, 1.165) is 5.56 Å². The summed E-state index contributed by atoms with van der Waals surface area (Å²) in [6, 6.07) is 11.6. The first kappa shape index (κ1) is 14.3. The highest BCUT2D eigenvalue weighted by Crippen LogP contribution is 2.14. The number of methoxy groups -OCH3 is 1. The van der Waals surface area contributed by atoms with Gasteiger partial charge in [-0.15, -0.1) is 0 Å². The molecule has 0 N–H and O–H groups in total. The molecule has 1 aromatic heterocycles. The van der Waals surface area contributed by atoms with Crippen LogP contribution in [0.15, 0.2) is 47.1 Å². The molecule has 0 fully saturated rings. The molecule has 0 bridgehead atoms. The van der Waals surface area contributed by atoms with E-state index in [2.05, 4.69) is 0 Å². The van der Waals surface area contributed by atoms with Gasteiger partial charge in [0.1, 0.15) is 5.76 Å². The summed E-state index contributed by atoms with van der Waals surface area (Å²) >= 11 is 0. The average molecular weight is 273 g/mol. The average Bonchev–Trinajstić information content (AvgIpc) is 2.90. The molecule has 1 heterocycles. The largest absolute Gasteiger partial charge is 0.469 e. The van der Waals surface area contributed by atoms with E-state index in [1.807, 2.05) is 30.3 Å². The second-order valence-electron chi connectivity index (χ2n) is 4.60. The molecular weight excluding hydrogens is 254 g/mol. The van der Waals surface area contributed by atoms with E-state index in [0.29, 0.717) is 31.0 Å². The van der Waals surface area contributed by atoms with Crippen LogP contribution in [0.25, 0.3) is 0 Å². The van der Waals surface area contributed by atoms with E-state index in [9.17, 15) is 4.79 Å². The predicted octanol–water partition coefficient (Wildman–Crippen LogP) is 2.88. The molecule has 0 aliphatic rings. The van der Waals surface area contributed by atoms with E-state index in [1.54, 1.807) is 31.3 Å². The molecule has 0 unspecified atom stereocenters. The first-order valence-corrected chi connectivity index (χ1v) is 6.58. The monoisotopic (exact) mass is 273 g/mol. The second-order valence-corrected chi connectivity index (χ2v) is 4.60. The van der Waals surface area contributed by atoms with E-state index < -0.39 is 0 Å². The van der Waals surface area contributed by atoms with Gasteiger partial charge in [-0.2, -0.15) is 0 Å². The molecule has 1 amide bonds. The summed E-state index contributed by atoms with van der Waals surface area (Å²) in [6.07, 6.45) is 1.54. The topological polar surface area (TPSA) is 42.7 Å². The smallest absolute Gasteiger partial charge is 0.257 e. The molecule has 2 aromatic rings. The fourth-order valence-corrected chi connectivity index (χ4v) is 2.03. The van der Waals surface area contributed by atoms with Crippen LogP contribution < -0.4 is 0 Å². The lowest BCUT2D eigenvalue weighted by atomic mass is 10.2. The van der Waals surface area contributed by atoms with Crippen LogP contribution in [0, 0.1) is 6.92 Å². The minimum atomic E-state index is -0.0304. The van der Waals surface area contributed by atoms with Crippen LogP contribution in [0.5, 0.6) is 0 Å². The van der Waals surface area contributed by atoms with Crippen molar-refractivity contribution in [2.24, 2.45) is 0 Å². The molecular formula is C16H19NO3. The normalized spacial score (nSPS) is 10.5. The molecule has 2 rings (SSSR count). The lowest BCUT2D eigenvalue weighted by Crippen LogP contribution is -2.33. The zero-order valence-corrected chi connectivity index (χ0v) is 11.8. The van der Waals surface area contributed by atoms with Crippen molar-refractivity contribution in [1.29, 1.82) is 0 Å². The van der Waals surface area contributed by atoms with Crippen LogP contribution in [0.4, 0.5) is 0 Å². The highest BCUT2D eigenvalue weighted by molar-refractivity contribution is 5.95. The van der Waals surface area contributed by atoms with Gasteiger partial charge in [-0.3, -0.25) is 4.79 Å². The Morgan fingerprint density at radius 2 is 2.00 bits per heavy atom. The lowest BCUT2D eigenvalue weighted by molar-refractivity contribution is 0.0678. The van der Waals surface area contributed by atoms with Crippen LogP contribution >= 0.6 is 0 Å². The third-order valence-corrected chi connectivity index (χ3v) is 3.16. The maximum absolute atomic E-state index is 12.5. The number of aryl methyl sites for hydroxylation is 1. The van der Waals surface area contributed by atoms with Crippen molar-refractivity contribution >= 4 is 5.91 Å². The number of ether oxygens (including phenoxy) is 1. The van der Waals surface area contributed by atoms with Gasteiger partial charge in [-0.1, -0.05) is 30.3 Å². The van der Waals surface area contributed by atoms with Gasteiger partial charge in [-0.25, -0.2) is 0 Å². The Kier molecular flexibility index (Phi) is 4.96. The molecule has 20 heavy (non-hydrogen) atoms. The fourth-order valence-electron chi connectivity index (χ4n) is 2.03. The van der Waals surface area contributed by atoms with E-state index >= 15 is 0 Å². The Bertz CT molecular complexity index is 548. The van der Waals surface area contributed by atoms with E-state index in [-0.39, 0.29) is 5.91 Å². The molecule has 1 aromatic carbocycles. The Balaban J connectivity index is 2.15. The van der Waals surface area contributed by atoms with Gasteiger partial charge in [-0.05, 0) is 18.6 Å². The van der Waals surface area contributed by atoms with Gasteiger partial charge in [0.25, 0.3) is 5.91 Å². The van der Waals surface area contributed by atoms with Crippen molar-refractivity contribution in [2.45, 2.75) is 13.5 Å². The van der Waals surface area contributed by atoms with Crippen LogP contribution in [0.1, 0.15) is 21.7 Å². The molecule has 0 saturated carbocycles. The molecule has 0 radical (unpaired) electrons. The van der Waals surface area contributed by atoms with Gasteiger partial charge in [0.05, 0.1) is 18.4 Å². The molecule has 0 aliphatic heterocycles. The summed E-state index contributed by atoms with van der Waals surface area (Å²) in [5.41, 5.74) is 1.70. The zero-order chi connectivity index (χ0) is 14.4. The Hall–Kier alpha value is -2.07. The summed E-state index contributed by atoms with van der Waals surface area (Å²) in [5, 5.41) is 0. The highest BCUT2D eigenvalue weighted by atomic mass is 16.5. The second kappa shape index (κ2) is 6.91. The summed E-state index contributed by atoms with van der Waals surface area (Å²) in [4.78, 5) is 14.3. The van der Waals surface area contributed by atoms with Gasteiger partial charge in [0.2, 0.25) is 0 Å². The molecule has 0 aliphatic carbocycles. The fraction of sp³-hybridized carbons (Fsp3) is 0.312. The van der Waals surface area contributed by atoms with Crippen molar-refractivity contribution in [1.82, 2.24) is 4.90 Å². The Morgan fingerprint density at radius 3 is 2.60 bits per heavy atom. The third kappa shape index (κ3) is 3.48. The van der Waals surface area contributed by atoms with Crippen molar-refractivity contribution in [3.63, 3.8) is 0 Å². The summed E-state index contributed by atoms with van der Waals surface area (Å²) in [5.74, 6) is 0.614. The summed E-state index contributed by atoms with van der Waals surface area (Å²) in [7, 11) is 1.63. The number of nitrogens with zero attached hydrogens (tertiary/aromatic N) is 1. The molecule has 4 heteroatoms. The third-order valence-electron chi connectivity index (χ3n) is 3.16. The highest BCUT2D eigenvalue weighted by Gasteiger charge is 2.19. The Labute approximate surface area is 119 Å². The van der Waals surface area contributed by atoms with Crippen molar-refractivity contribution < 1.29 is 13.9 Å². The van der Waals surface area contributed by atoms with Crippen molar-refractivity contribution in [3.8, 4) is 0 Å². The van der Waals surface area contributed by atoms with E-state index in [4.69, 9.17) is 9.15 Å². The Morgan fingerprint density at radius 1 is 1.25 bits per heavy atom. The molecule has 0 saturated heterocycles. The minimum Gasteiger partial charge on any atom is -0.469 e. The number of carbonyl (C=O) groups excluding carboxylic acids is 1. The minimum absolute atomic E-state index is 0.0304. The molecule has 106 valence electrons. The van der Waals surface area contributed by atoms with Gasteiger partial charge in [0.15, 0.2) is 0 Å². The number of amides is 1. The van der Waals surface area contributed by atoms with Crippen molar-refractivity contribution in [2.75, 3.05) is 20.3 Å². The quantitative estimate of drug-likeness (QED) is 0.812. The van der Waals surface area contributed by atoms with Crippen LogP contribution in [-0.2, 0) is 11.3 Å². The predicted molar refractivity (Wildman–Crippen MR) is 76.5 cm³/mol. The summed E-state index contributed by atoms with van der Waals surface area (Å²) < 4.78 is 10.3. The maximum atomic E-state index is 12.5. The van der Waals surface area contributed by atoms with Crippen molar-refractivity contribution in [3.05, 3.63) is 59.5 Å². The first-order valence-electron chi connectivity index (χ1n) is 6.58. The van der Waals surface area contributed by atoms with Gasteiger partial charge in [0, 0.05) is 20.2 Å². The number of hydrogen-bond acceptors (Lipinski definition) is 3. The number of hydrogen-bond donors (Lipinski definition) is 0. The standard InChI is InChI=1S/C16H19NO3/c1-13-15(8-10-20-13)16(18)17(9-11-19-2)12-14-6-4-3-5-7-14/h3-8,10H,9,11-12H2,1-2H3. The number of carbonyl (C=O) groups is 1. The maximum Gasteiger partial charge on any atom is 0.257 e. The molecule has 4 nitrogen and oxygen atoms in total. The number of furan rings is 1. The number of benzene rings is 1. The van der Waals surface area contributed by atoms with Gasteiger partial charge < -0.3 is 14.1 Å². The molecule has 0 atom stereocenters. The van der Waals surface area contributed by atoms with Crippen LogP contribution in [0.2, 0.25) is 0 Å². The lowest BCUT2D eigenvalue weighted by Gasteiger charge is -2.22. The van der Waals surface area contributed by atoms with Crippen LogP contribution in [-0.4, -0.2) is 31.1 Å². The van der Waals surface area contributed by atoms with Crippen LogP contribution in [0.3, 0.4) is 0 Å². The van der Waals surface area contributed by atoms with E-state index in [1.165, 1.54) is 0 Å². The molecule has 0 spiro atoms. The number of rotatable bonds is 6.